The second-order valence-electron chi connectivity index (χ2n) is 9.88. The number of ether oxygens (including phenoxy) is 1. The van der Waals surface area contributed by atoms with E-state index in [1.807, 2.05) is 121 Å². The monoisotopic (exact) mass is 504 g/mol. The molecule has 0 fully saturated rings. The molecular formula is C36H24O3. The van der Waals surface area contributed by atoms with Crippen molar-refractivity contribution in [3.05, 3.63) is 190 Å². The zero-order valence-corrected chi connectivity index (χ0v) is 21.1. The number of carbonyl (C=O) groups is 2. The molecule has 0 saturated carbocycles. The van der Waals surface area contributed by atoms with Gasteiger partial charge in [0.2, 0.25) is 0 Å². The van der Waals surface area contributed by atoms with Crippen molar-refractivity contribution in [2.75, 3.05) is 0 Å². The van der Waals surface area contributed by atoms with Gasteiger partial charge in [-0.3, -0.25) is 9.59 Å². The van der Waals surface area contributed by atoms with Gasteiger partial charge in [0.25, 0.3) is 0 Å². The average molecular weight is 505 g/mol. The zero-order chi connectivity index (χ0) is 26.5. The highest BCUT2D eigenvalue weighted by Gasteiger charge is 2.68. The largest absolute Gasteiger partial charge is 0.340 e. The van der Waals surface area contributed by atoms with Crippen molar-refractivity contribution >= 4 is 11.6 Å². The van der Waals surface area contributed by atoms with Crippen LogP contribution in [0.5, 0.6) is 0 Å². The topological polar surface area (TPSA) is 43.4 Å². The van der Waals surface area contributed by atoms with E-state index in [0.717, 1.165) is 22.3 Å². The molecule has 39 heavy (non-hydrogen) atoms. The van der Waals surface area contributed by atoms with Crippen molar-refractivity contribution in [2.24, 2.45) is 0 Å². The van der Waals surface area contributed by atoms with E-state index in [2.05, 4.69) is 0 Å². The van der Waals surface area contributed by atoms with Gasteiger partial charge in [-0.25, -0.2) is 0 Å². The Bertz CT molecular complexity index is 1610. The molecule has 2 heterocycles. The molecule has 0 N–H and O–H groups in total. The summed E-state index contributed by atoms with van der Waals surface area (Å²) in [7, 11) is 0. The smallest absolute Gasteiger partial charge is 0.193 e. The second kappa shape index (κ2) is 8.87. The Hall–Kier alpha value is -4.86. The first-order valence-electron chi connectivity index (χ1n) is 13.0. The first kappa shape index (κ1) is 23.3. The lowest BCUT2D eigenvalue weighted by molar-refractivity contribution is -0.0313. The van der Waals surface area contributed by atoms with Crippen molar-refractivity contribution in [2.45, 2.75) is 11.2 Å². The maximum atomic E-state index is 14.7. The number of benzene rings is 5. The molecule has 186 valence electrons. The fraction of sp³-hybridized carbons (Fsp3) is 0.0556. The van der Waals surface area contributed by atoms with E-state index >= 15 is 0 Å². The Balaban J connectivity index is 1.66. The number of rotatable bonds is 6. The van der Waals surface area contributed by atoms with E-state index in [1.54, 1.807) is 24.3 Å². The van der Waals surface area contributed by atoms with Gasteiger partial charge >= 0.3 is 0 Å². The lowest BCUT2D eigenvalue weighted by Gasteiger charge is -2.31. The van der Waals surface area contributed by atoms with Gasteiger partial charge in [-0.05, 0) is 22.3 Å². The van der Waals surface area contributed by atoms with Gasteiger partial charge < -0.3 is 4.74 Å². The summed E-state index contributed by atoms with van der Waals surface area (Å²) in [6, 6.07) is 45.9. The minimum absolute atomic E-state index is 0.217. The Morgan fingerprint density at radius 1 is 0.410 bits per heavy atom. The number of hydrogen-bond donors (Lipinski definition) is 0. The fourth-order valence-corrected chi connectivity index (χ4v) is 6.24. The van der Waals surface area contributed by atoms with E-state index < -0.39 is 11.2 Å². The summed E-state index contributed by atoms with van der Waals surface area (Å²) in [4.78, 5) is 29.3. The summed E-state index contributed by atoms with van der Waals surface area (Å²) < 4.78 is 7.28. The molecule has 3 nitrogen and oxygen atoms in total. The van der Waals surface area contributed by atoms with Crippen LogP contribution >= 0.6 is 0 Å². The molecule has 2 atom stereocenters. The third-order valence-electron chi connectivity index (χ3n) is 7.83. The molecule has 2 bridgehead atoms. The summed E-state index contributed by atoms with van der Waals surface area (Å²) in [6.07, 6.45) is 0. The van der Waals surface area contributed by atoms with E-state index in [9.17, 15) is 9.59 Å². The third-order valence-corrected chi connectivity index (χ3v) is 7.83. The van der Waals surface area contributed by atoms with E-state index in [-0.39, 0.29) is 11.6 Å². The molecule has 5 aromatic rings. The third kappa shape index (κ3) is 3.20. The Morgan fingerprint density at radius 3 is 1.08 bits per heavy atom. The van der Waals surface area contributed by atoms with Crippen LogP contribution in [-0.2, 0) is 15.9 Å². The minimum Gasteiger partial charge on any atom is -0.340 e. The lowest BCUT2D eigenvalue weighted by atomic mass is 9.65. The van der Waals surface area contributed by atoms with Crippen LogP contribution in [0.15, 0.2) is 157 Å². The normalized spacial score (nSPS) is 21.0. The van der Waals surface area contributed by atoms with Crippen molar-refractivity contribution in [3.8, 4) is 0 Å². The molecular weight excluding hydrogens is 480 g/mol. The molecule has 0 spiro atoms. The minimum atomic E-state index is -1.26. The second-order valence-corrected chi connectivity index (χ2v) is 9.88. The number of Topliss-reactive ketones (excluding diaryl/α,β-unsaturated/α-hetero) is 2. The average Bonchev–Trinajstić information content (AvgIpc) is 3.52. The Morgan fingerprint density at radius 2 is 0.718 bits per heavy atom. The van der Waals surface area contributed by atoms with Crippen LogP contribution in [0, 0.1) is 0 Å². The highest BCUT2D eigenvalue weighted by Crippen LogP contribution is 2.66. The SMILES string of the molecule is O=C(C1=C(C(=O)c2ccccc2)C2(c3ccccc3)OC1(c1ccccc1)c1ccccc12)c1ccccc1. The maximum Gasteiger partial charge on any atom is 0.193 e. The molecule has 5 aromatic carbocycles. The van der Waals surface area contributed by atoms with Crippen molar-refractivity contribution in [3.63, 3.8) is 0 Å². The molecule has 0 radical (unpaired) electrons. The molecule has 7 rings (SSSR count). The molecule has 0 saturated heterocycles. The van der Waals surface area contributed by atoms with Gasteiger partial charge in [-0.15, -0.1) is 0 Å². The van der Waals surface area contributed by atoms with E-state index in [1.165, 1.54) is 0 Å². The molecule has 2 unspecified atom stereocenters. The Labute approximate surface area is 227 Å². The van der Waals surface area contributed by atoms with Crippen LogP contribution in [0.25, 0.3) is 0 Å². The van der Waals surface area contributed by atoms with Crippen LogP contribution in [0.2, 0.25) is 0 Å². The van der Waals surface area contributed by atoms with Crippen LogP contribution < -0.4 is 0 Å². The quantitative estimate of drug-likeness (QED) is 0.228. The van der Waals surface area contributed by atoms with Crippen LogP contribution in [0.1, 0.15) is 43.0 Å². The maximum absolute atomic E-state index is 14.7. The van der Waals surface area contributed by atoms with E-state index in [0.29, 0.717) is 22.3 Å². The first-order chi connectivity index (χ1) is 19.2. The summed E-state index contributed by atoms with van der Waals surface area (Å²) in [5, 5.41) is 0. The van der Waals surface area contributed by atoms with Crippen molar-refractivity contribution in [1.29, 1.82) is 0 Å². The number of carbonyl (C=O) groups excluding carboxylic acids is 2. The predicted octanol–water partition coefficient (Wildman–Crippen LogP) is 7.28. The van der Waals surface area contributed by atoms with Gasteiger partial charge in [-0.1, -0.05) is 146 Å². The first-order valence-corrected chi connectivity index (χ1v) is 13.0. The van der Waals surface area contributed by atoms with Crippen LogP contribution in [-0.4, -0.2) is 11.6 Å². The van der Waals surface area contributed by atoms with E-state index in [4.69, 9.17) is 4.74 Å². The van der Waals surface area contributed by atoms with Gasteiger partial charge in [0.1, 0.15) is 0 Å². The summed E-state index contributed by atoms with van der Waals surface area (Å²) in [6.45, 7) is 0. The highest BCUT2D eigenvalue weighted by molar-refractivity contribution is 6.22. The molecule has 0 aliphatic carbocycles. The fourth-order valence-electron chi connectivity index (χ4n) is 6.24. The van der Waals surface area contributed by atoms with Gasteiger partial charge in [0, 0.05) is 11.1 Å². The van der Waals surface area contributed by atoms with Gasteiger partial charge in [0.15, 0.2) is 22.8 Å². The van der Waals surface area contributed by atoms with Crippen LogP contribution in [0.4, 0.5) is 0 Å². The summed E-state index contributed by atoms with van der Waals surface area (Å²) in [5.74, 6) is -0.433. The summed E-state index contributed by atoms with van der Waals surface area (Å²) >= 11 is 0. The number of hydrogen-bond acceptors (Lipinski definition) is 3. The van der Waals surface area contributed by atoms with Crippen molar-refractivity contribution < 1.29 is 14.3 Å². The molecule has 2 aliphatic rings. The highest BCUT2D eigenvalue weighted by atomic mass is 16.5. The lowest BCUT2D eigenvalue weighted by Crippen LogP contribution is -2.34. The summed E-state index contributed by atoms with van der Waals surface area (Å²) in [5.41, 5.74) is 2.62. The van der Waals surface area contributed by atoms with Gasteiger partial charge in [0.05, 0.1) is 11.1 Å². The molecule has 0 aromatic heterocycles. The predicted molar refractivity (Wildman–Crippen MR) is 151 cm³/mol. The number of fused-ring (bicyclic) bond motifs is 5. The van der Waals surface area contributed by atoms with Crippen molar-refractivity contribution in [1.82, 2.24) is 0 Å². The molecule has 3 heteroatoms. The van der Waals surface area contributed by atoms with Crippen LogP contribution in [0.3, 0.4) is 0 Å². The molecule has 2 aliphatic heterocycles. The standard InChI is InChI=1S/C36H24O3/c37-33(25-15-5-1-6-16-25)31-32(34(38)26-17-7-2-8-18-26)36(28-21-11-4-12-22-28)30-24-14-13-23-29(30)35(31,39-36)27-19-9-3-10-20-27/h1-24H. The Kier molecular flexibility index (Phi) is 5.29. The van der Waals surface area contributed by atoms with Gasteiger partial charge in [-0.2, -0.15) is 0 Å². The zero-order valence-electron chi connectivity index (χ0n) is 21.1. The molecule has 0 amide bonds. The number of ketones is 2.